The SMILES string of the molecule is O=C(c1ccc2c(c1)c1ccccc1n2Cc1ccccc1)c1ccccc1I. The maximum Gasteiger partial charge on any atom is 0.194 e. The zero-order valence-corrected chi connectivity index (χ0v) is 17.8. The molecule has 4 aromatic carbocycles. The van der Waals surface area contributed by atoms with E-state index in [4.69, 9.17) is 0 Å². The minimum absolute atomic E-state index is 0.0665. The number of hydrogen-bond donors (Lipinski definition) is 0. The van der Waals surface area contributed by atoms with Crippen LogP contribution in [0.15, 0.2) is 97.1 Å². The molecule has 0 radical (unpaired) electrons. The molecule has 1 aromatic heterocycles. The average molecular weight is 487 g/mol. The molecule has 0 aliphatic heterocycles. The highest BCUT2D eigenvalue weighted by Gasteiger charge is 2.16. The molecule has 0 unspecified atom stereocenters. The van der Waals surface area contributed by atoms with E-state index in [0.717, 1.165) is 32.1 Å². The van der Waals surface area contributed by atoms with Gasteiger partial charge in [-0.15, -0.1) is 0 Å². The van der Waals surface area contributed by atoms with Gasteiger partial charge >= 0.3 is 0 Å². The van der Waals surface area contributed by atoms with Gasteiger partial charge in [0.25, 0.3) is 0 Å². The molecule has 0 aliphatic carbocycles. The first-order valence-corrected chi connectivity index (χ1v) is 10.6. The number of hydrogen-bond acceptors (Lipinski definition) is 1. The fourth-order valence-corrected chi connectivity index (χ4v) is 4.56. The second kappa shape index (κ2) is 7.48. The number of fused-ring (bicyclic) bond motifs is 3. The molecule has 0 spiro atoms. The fourth-order valence-electron chi connectivity index (χ4n) is 3.93. The van der Waals surface area contributed by atoms with Gasteiger partial charge in [-0.1, -0.05) is 60.7 Å². The van der Waals surface area contributed by atoms with Gasteiger partial charge in [0, 0.05) is 43.0 Å². The summed E-state index contributed by atoms with van der Waals surface area (Å²) in [6.45, 7) is 0.800. The highest BCUT2D eigenvalue weighted by Crippen LogP contribution is 2.31. The summed E-state index contributed by atoms with van der Waals surface area (Å²) in [5.74, 6) is 0.0665. The van der Waals surface area contributed by atoms with Crippen molar-refractivity contribution in [3.63, 3.8) is 0 Å². The molecule has 140 valence electrons. The van der Waals surface area contributed by atoms with E-state index in [1.807, 2.05) is 42.5 Å². The van der Waals surface area contributed by atoms with Crippen LogP contribution in [0.25, 0.3) is 21.8 Å². The second-order valence-corrected chi connectivity index (χ2v) is 8.29. The normalized spacial score (nSPS) is 11.2. The highest BCUT2D eigenvalue weighted by molar-refractivity contribution is 14.1. The molecule has 29 heavy (non-hydrogen) atoms. The van der Waals surface area contributed by atoms with E-state index < -0.39 is 0 Å². The van der Waals surface area contributed by atoms with E-state index in [2.05, 4.69) is 81.8 Å². The van der Waals surface area contributed by atoms with Gasteiger partial charge in [0.1, 0.15) is 0 Å². The molecule has 0 amide bonds. The standard InChI is InChI=1S/C26H18INO/c27-23-12-6-4-11-21(23)26(29)19-14-15-25-22(16-19)20-10-5-7-13-24(20)28(25)17-18-8-2-1-3-9-18/h1-16H,17H2. The lowest BCUT2D eigenvalue weighted by Crippen LogP contribution is -2.04. The lowest BCUT2D eigenvalue weighted by Gasteiger charge is -2.08. The first kappa shape index (κ1) is 18.1. The van der Waals surface area contributed by atoms with Crippen molar-refractivity contribution in [2.24, 2.45) is 0 Å². The van der Waals surface area contributed by atoms with Gasteiger partial charge in [0.2, 0.25) is 0 Å². The summed E-state index contributed by atoms with van der Waals surface area (Å²) in [5.41, 5.74) is 5.07. The molecule has 0 N–H and O–H groups in total. The van der Waals surface area contributed by atoms with Crippen molar-refractivity contribution in [1.82, 2.24) is 4.57 Å². The molecule has 2 nitrogen and oxygen atoms in total. The van der Waals surface area contributed by atoms with Gasteiger partial charge in [-0.05, 0) is 64.6 Å². The van der Waals surface area contributed by atoms with Crippen LogP contribution in [0.1, 0.15) is 21.5 Å². The Morgan fingerprint density at radius 1 is 0.724 bits per heavy atom. The number of carbonyl (C=O) groups is 1. The zero-order valence-electron chi connectivity index (χ0n) is 15.7. The van der Waals surface area contributed by atoms with Crippen LogP contribution in [-0.4, -0.2) is 10.4 Å². The Morgan fingerprint density at radius 3 is 2.24 bits per heavy atom. The summed E-state index contributed by atoms with van der Waals surface area (Å²) in [4.78, 5) is 13.1. The van der Waals surface area contributed by atoms with E-state index in [9.17, 15) is 4.79 Å². The van der Waals surface area contributed by atoms with Gasteiger partial charge < -0.3 is 4.57 Å². The van der Waals surface area contributed by atoms with E-state index >= 15 is 0 Å². The maximum absolute atomic E-state index is 13.1. The smallest absolute Gasteiger partial charge is 0.194 e. The number of para-hydroxylation sites is 1. The second-order valence-electron chi connectivity index (χ2n) is 7.13. The van der Waals surface area contributed by atoms with Crippen molar-refractivity contribution in [3.8, 4) is 0 Å². The summed E-state index contributed by atoms with van der Waals surface area (Å²) < 4.78 is 3.31. The zero-order chi connectivity index (χ0) is 19.8. The molecule has 0 fully saturated rings. The Hall–Kier alpha value is -2.92. The van der Waals surface area contributed by atoms with Crippen LogP contribution in [0.4, 0.5) is 0 Å². The summed E-state index contributed by atoms with van der Waals surface area (Å²) in [6.07, 6.45) is 0. The van der Waals surface area contributed by atoms with E-state index in [1.54, 1.807) is 0 Å². The van der Waals surface area contributed by atoms with Crippen LogP contribution in [0, 0.1) is 3.57 Å². The van der Waals surface area contributed by atoms with E-state index in [-0.39, 0.29) is 5.78 Å². The van der Waals surface area contributed by atoms with Gasteiger partial charge in [-0.3, -0.25) is 4.79 Å². The maximum atomic E-state index is 13.1. The number of benzene rings is 4. The third-order valence-electron chi connectivity index (χ3n) is 5.34. The van der Waals surface area contributed by atoms with E-state index in [1.165, 1.54) is 16.5 Å². The van der Waals surface area contributed by atoms with Crippen LogP contribution in [0.2, 0.25) is 0 Å². The van der Waals surface area contributed by atoms with Gasteiger partial charge in [0.15, 0.2) is 5.78 Å². The molecule has 0 saturated heterocycles. The van der Waals surface area contributed by atoms with Gasteiger partial charge in [0.05, 0.1) is 0 Å². The summed E-state index contributed by atoms with van der Waals surface area (Å²) in [7, 11) is 0. The average Bonchev–Trinajstić information content (AvgIpc) is 3.07. The molecule has 0 bridgehead atoms. The van der Waals surface area contributed by atoms with Crippen LogP contribution >= 0.6 is 22.6 Å². The van der Waals surface area contributed by atoms with Gasteiger partial charge in [-0.25, -0.2) is 0 Å². The van der Waals surface area contributed by atoms with Crippen LogP contribution < -0.4 is 0 Å². The van der Waals surface area contributed by atoms with E-state index in [0.29, 0.717) is 0 Å². The largest absolute Gasteiger partial charge is 0.336 e. The third-order valence-corrected chi connectivity index (χ3v) is 6.28. The van der Waals surface area contributed by atoms with Crippen molar-refractivity contribution < 1.29 is 4.79 Å². The van der Waals surface area contributed by atoms with Crippen molar-refractivity contribution in [2.45, 2.75) is 6.54 Å². The first-order chi connectivity index (χ1) is 14.2. The number of ketones is 1. The molecule has 5 aromatic rings. The number of rotatable bonds is 4. The lowest BCUT2D eigenvalue weighted by atomic mass is 10.0. The molecule has 0 atom stereocenters. The van der Waals surface area contributed by atoms with Crippen molar-refractivity contribution in [2.75, 3.05) is 0 Å². The first-order valence-electron chi connectivity index (χ1n) is 9.56. The molecule has 5 rings (SSSR count). The molecule has 1 heterocycles. The Bertz CT molecular complexity index is 1350. The summed E-state index contributed by atoms with van der Waals surface area (Å²) >= 11 is 2.23. The third kappa shape index (κ3) is 3.25. The number of halogens is 1. The number of carbonyl (C=O) groups excluding carboxylic acids is 1. The highest BCUT2D eigenvalue weighted by atomic mass is 127. The quantitative estimate of drug-likeness (QED) is 0.205. The molecule has 0 saturated carbocycles. The Kier molecular flexibility index (Phi) is 4.68. The predicted octanol–water partition coefficient (Wildman–Crippen LogP) is 6.68. The van der Waals surface area contributed by atoms with Crippen molar-refractivity contribution >= 4 is 50.2 Å². The minimum atomic E-state index is 0.0665. The molecular formula is C26H18INO. The van der Waals surface area contributed by atoms with Crippen molar-refractivity contribution in [1.29, 1.82) is 0 Å². The molecular weight excluding hydrogens is 469 g/mol. The van der Waals surface area contributed by atoms with Gasteiger partial charge in [-0.2, -0.15) is 0 Å². The molecule has 3 heteroatoms. The Morgan fingerprint density at radius 2 is 1.41 bits per heavy atom. The minimum Gasteiger partial charge on any atom is -0.336 e. The van der Waals surface area contributed by atoms with Crippen molar-refractivity contribution in [3.05, 3.63) is 117 Å². The predicted molar refractivity (Wildman–Crippen MR) is 128 cm³/mol. The monoisotopic (exact) mass is 487 g/mol. The number of aromatic nitrogens is 1. The Balaban J connectivity index is 1.68. The lowest BCUT2D eigenvalue weighted by molar-refractivity contribution is 0.103. The molecule has 0 aliphatic rings. The summed E-state index contributed by atoms with van der Waals surface area (Å²) in [5, 5.41) is 2.30. The topological polar surface area (TPSA) is 22.0 Å². The van der Waals surface area contributed by atoms with Crippen LogP contribution in [0.3, 0.4) is 0 Å². The Labute approximate surface area is 182 Å². The fraction of sp³-hybridized carbons (Fsp3) is 0.0385. The van der Waals surface area contributed by atoms with Crippen LogP contribution in [-0.2, 0) is 6.54 Å². The number of nitrogens with zero attached hydrogens (tertiary/aromatic N) is 1. The van der Waals surface area contributed by atoms with Crippen LogP contribution in [0.5, 0.6) is 0 Å². The summed E-state index contributed by atoms with van der Waals surface area (Å²) in [6, 6.07) is 32.7.